The van der Waals surface area contributed by atoms with Gasteiger partial charge in [0.05, 0.1) is 25.4 Å². The molecule has 8 heteroatoms. The number of nitrogens with zero attached hydrogens (tertiary/aromatic N) is 1. The van der Waals surface area contributed by atoms with Crippen molar-refractivity contribution in [3.05, 3.63) is 0 Å². The summed E-state index contributed by atoms with van der Waals surface area (Å²) in [4.78, 5) is 24.8. The molecule has 1 aliphatic heterocycles. The number of sulfone groups is 1. The fraction of sp³-hybridized carbons (Fsp3) is 0.846. The van der Waals surface area contributed by atoms with Crippen LogP contribution in [0.15, 0.2) is 0 Å². The van der Waals surface area contributed by atoms with Gasteiger partial charge in [-0.2, -0.15) is 0 Å². The molecule has 0 bridgehead atoms. The molecule has 0 saturated carbocycles. The summed E-state index contributed by atoms with van der Waals surface area (Å²) < 4.78 is 32.3. The van der Waals surface area contributed by atoms with E-state index in [1.54, 1.807) is 0 Å². The van der Waals surface area contributed by atoms with E-state index in [2.05, 4.69) is 4.74 Å². The van der Waals surface area contributed by atoms with Crippen LogP contribution < -0.4 is 0 Å². The van der Waals surface area contributed by atoms with E-state index in [0.29, 0.717) is 13.2 Å². The summed E-state index contributed by atoms with van der Waals surface area (Å²) in [6.45, 7) is 1.28. The summed E-state index contributed by atoms with van der Waals surface area (Å²) >= 11 is 0. The molecule has 1 fully saturated rings. The molecule has 0 N–H and O–H groups in total. The van der Waals surface area contributed by atoms with Gasteiger partial charge in [-0.3, -0.25) is 9.59 Å². The Morgan fingerprint density at radius 3 is 2.57 bits per heavy atom. The lowest BCUT2D eigenvalue weighted by Crippen LogP contribution is -2.39. The molecule has 1 atom stereocenters. The van der Waals surface area contributed by atoms with Crippen molar-refractivity contribution in [2.75, 3.05) is 38.8 Å². The number of amides is 1. The number of hydrogen-bond donors (Lipinski definition) is 0. The smallest absolute Gasteiger partial charge is 0.307 e. The highest BCUT2D eigenvalue weighted by atomic mass is 32.2. The molecule has 0 aromatic carbocycles. The standard InChI is InChI=1S/C13H23NO6S/c1-19-13(16)5-7-14(10-11-4-3-8-20-11)12(15)6-9-21(2,17)18/h11H,3-10H2,1-2H3. The number of carbonyl (C=O) groups excluding carboxylic acids is 2. The minimum absolute atomic E-state index is 0.0372. The second kappa shape index (κ2) is 8.33. The molecule has 122 valence electrons. The van der Waals surface area contributed by atoms with Crippen LogP contribution in [0.25, 0.3) is 0 Å². The summed E-state index contributed by atoms with van der Waals surface area (Å²) in [5.41, 5.74) is 0. The number of rotatable bonds is 8. The van der Waals surface area contributed by atoms with Crippen molar-refractivity contribution in [1.82, 2.24) is 4.90 Å². The molecule has 0 radical (unpaired) electrons. The highest BCUT2D eigenvalue weighted by Gasteiger charge is 2.23. The maximum Gasteiger partial charge on any atom is 0.307 e. The van der Waals surface area contributed by atoms with E-state index in [9.17, 15) is 18.0 Å². The summed E-state index contributed by atoms with van der Waals surface area (Å²) in [5, 5.41) is 0. The fourth-order valence-corrected chi connectivity index (χ4v) is 2.66. The van der Waals surface area contributed by atoms with Gasteiger partial charge >= 0.3 is 5.97 Å². The molecule has 1 rings (SSSR count). The van der Waals surface area contributed by atoms with Crippen LogP contribution in [-0.2, 0) is 28.9 Å². The number of esters is 1. The topological polar surface area (TPSA) is 90.0 Å². The van der Waals surface area contributed by atoms with Crippen LogP contribution in [0, 0.1) is 0 Å². The highest BCUT2D eigenvalue weighted by Crippen LogP contribution is 2.14. The first kappa shape index (κ1) is 17.9. The maximum absolute atomic E-state index is 12.1. The first-order valence-corrected chi connectivity index (χ1v) is 9.02. The van der Waals surface area contributed by atoms with E-state index in [-0.39, 0.29) is 37.2 Å². The van der Waals surface area contributed by atoms with Crippen LogP contribution in [0.4, 0.5) is 0 Å². The van der Waals surface area contributed by atoms with Crippen molar-refractivity contribution in [3.63, 3.8) is 0 Å². The van der Waals surface area contributed by atoms with Crippen LogP contribution in [0.3, 0.4) is 0 Å². The van der Waals surface area contributed by atoms with Gasteiger partial charge in [0.25, 0.3) is 0 Å². The molecule has 1 aliphatic rings. The lowest BCUT2D eigenvalue weighted by atomic mass is 10.2. The molecule has 1 saturated heterocycles. The first-order valence-electron chi connectivity index (χ1n) is 6.95. The third-order valence-corrected chi connectivity index (χ3v) is 4.25. The van der Waals surface area contributed by atoms with Crippen LogP contribution in [0.5, 0.6) is 0 Å². The third-order valence-electron chi connectivity index (χ3n) is 3.30. The Balaban J connectivity index is 2.56. The highest BCUT2D eigenvalue weighted by molar-refractivity contribution is 7.90. The van der Waals surface area contributed by atoms with Gasteiger partial charge in [0.1, 0.15) is 9.84 Å². The van der Waals surface area contributed by atoms with E-state index in [1.165, 1.54) is 12.0 Å². The minimum atomic E-state index is -3.19. The normalized spacial score (nSPS) is 18.5. The maximum atomic E-state index is 12.1. The first-order chi connectivity index (χ1) is 9.81. The number of hydrogen-bond acceptors (Lipinski definition) is 6. The van der Waals surface area contributed by atoms with Crippen molar-refractivity contribution >= 4 is 21.7 Å². The quantitative estimate of drug-likeness (QED) is 0.584. The van der Waals surface area contributed by atoms with Crippen LogP contribution >= 0.6 is 0 Å². The van der Waals surface area contributed by atoms with Gasteiger partial charge in [-0.1, -0.05) is 0 Å². The number of carbonyl (C=O) groups is 2. The van der Waals surface area contributed by atoms with E-state index >= 15 is 0 Å². The molecular formula is C13H23NO6S. The van der Waals surface area contributed by atoms with Crippen molar-refractivity contribution < 1.29 is 27.5 Å². The zero-order valence-electron chi connectivity index (χ0n) is 12.5. The summed E-state index contributed by atoms with van der Waals surface area (Å²) in [6.07, 6.45) is 2.89. The van der Waals surface area contributed by atoms with Crippen LogP contribution in [0.2, 0.25) is 0 Å². The molecule has 1 heterocycles. The van der Waals surface area contributed by atoms with E-state index in [1.807, 2.05) is 0 Å². The monoisotopic (exact) mass is 321 g/mol. The van der Waals surface area contributed by atoms with Crippen molar-refractivity contribution in [3.8, 4) is 0 Å². The number of methoxy groups -OCH3 is 1. The Bertz CT molecular complexity index is 455. The Morgan fingerprint density at radius 2 is 2.05 bits per heavy atom. The Hall–Kier alpha value is -1.15. The summed E-state index contributed by atoms with van der Waals surface area (Å²) in [7, 11) is -1.90. The van der Waals surface area contributed by atoms with E-state index in [0.717, 1.165) is 19.1 Å². The second-order valence-electron chi connectivity index (χ2n) is 5.18. The Morgan fingerprint density at radius 1 is 1.33 bits per heavy atom. The van der Waals surface area contributed by atoms with Crippen molar-refractivity contribution in [2.24, 2.45) is 0 Å². The van der Waals surface area contributed by atoms with Crippen molar-refractivity contribution in [2.45, 2.75) is 31.8 Å². The summed E-state index contributed by atoms with van der Waals surface area (Å²) in [5.74, 6) is -0.866. The fourth-order valence-electron chi connectivity index (χ4n) is 2.11. The minimum Gasteiger partial charge on any atom is -0.469 e. The predicted molar refractivity (Wildman–Crippen MR) is 76.5 cm³/mol. The zero-order valence-corrected chi connectivity index (χ0v) is 13.4. The average molecular weight is 321 g/mol. The molecule has 1 unspecified atom stereocenters. The second-order valence-corrected chi connectivity index (χ2v) is 7.44. The SMILES string of the molecule is COC(=O)CCN(CC1CCCO1)C(=O)CCS(C)(=O)=O. The molecule has 0 aliphatic carbocycles. The van der Waals surface area contributed by atoms with Crippen molar-refractivity contribution in [1.29, 1.82) is 0 Å². The van der Waals surface area contributed by atoms with Gasteiger partial charge in [0.15, 0.2) is 0 Å². The largest absolute Gasteiger partial charge is 0.469 e. The average Bonchev–Trinajstić information content (AvgIpc) is 2.92. The Labute approximate surface area is 125 Å². The van der Waals surface area contributed by atoms with Gasteiger partial charge in [0, 0.05) is 32.4 Å². The van der Waals surface area contributed by atoms with E-state index in [4.69, 9.17) is 4.74 Å². The Kier molecular flexibility index (Phi) is 7.10. The molecular weight excluding hydrogens is 298 g/mol. The van der Waals surface area contributed by atoms with Crippen LogP contribution in [0.1, 0.15) is 25.7 Å². The lowest BCUT2D eigenvalue weighted by Gasteiger charge is -2.25. The third kappa shape index (κ3) is 7.42. The number of ether oxygens (including phenoxy) is 2. The van der Waals surface area contributed by atoms with Gasteiger partial charge in [0.2, 0.25) is 5.91 Å². The predicted octanol–water partition coefficient (Wildman–Crippen LogP) is -0.00820. The zero-order chi connectivity index (χ0) is 15.9. The lowest BCUT2D eigenvalue weighted by molar-refractivity contribution is -0.142. The molecule has 1 amide bonds. The molecule has 0 spiro atoms. The van der Waals surface area contributed by atoms with Gasteiger partial charge < -0.3 is 14.4 Å². The summed E-state index contributed by atoms with van der Waals surface area (Å²) in [6, 6.07) is 0. The van der Waals surface area contributed by atoms with Crippen LogP contribution in [-0.4, -0.2) is 70.1 Å². The molecule has 7 nitrogen and oxygen atoms in total. The molecule has 0 aromatic heterocycles. The molecule has 21 heavy (non-hydrogen) atoms. The molecule has 0 aromatic rings. The van der Waals surface area contributed by atoms with E-state index < -0.39 is 15.8 Å². The van der Waals surface area contributed by atoms with Gasteiger partial charge in [-0.25, -0.2) is 8.42 Å². The van der Waals surface area contributed by atoms with Gasteiger partial charge in [-0.15, -0.1) is 0 Å². The van der Waals surface area contributed by atoms with Gasteiger partial charge in [-0.05, 0) is 12.8 Å².